The fourth-order valence-electron chi connectivity index (χ4n) is 4.21. The average molecular weight is 492 g/mol. The molecule has 0 bridgehead atoms. The van der Waals surface area contributed by atoms with Crippen molar-refractivity contribution < 1.29 is 23.8 Å². The minimum Gasteiger partial charge on any atom is -0.480 e. The molecule has 1 amide bonds. The monoisotopic (exact) mass is 491 g/mol. The molecule has 34 heavy (non-hydrogen) atoms. The van der Waals surface area contributed by atoms with Crippen molar-refractivity contribution in [3.8, 4) is 5.75 Å². The average Bonchev–Trinajstić information content (AvgIpc) is 2.79. The topological polar surface area (TPSA) is 91.8 Å². The number of nitrogens with one attached hydrogen (secondary N) is 1. The molecule has 1 aromatic heterocycles. The Morgan fingerprint density at radius 1 is 1.26 bits per heavy atom. The number of hydrogen-bond acceptors (Lipinski definition) is 5. The number of rotatable bonds is 10. The third-order valence-electron chi connectivity index (χ3n) is 5.69. The normalized spacial score (nSPS) is 14.1. The van der Waals surface area contributed by atoms with Gasteiger partial charge < -0.3 is 20.1 Å². The third-order valence-corrected chi connectivity index (χ3v) is 5.93. The zero-order valence-corrected chi connectivity index (χ0v) is 20.3. The van der Waals surface area contributed by atoms with Crippen LogP contribution in [0.3, 0.4) is 0 Å². The van der Waals surface area contributed by atoms with Gasteiger partial charge in [0.1, 0.15) is 11.6 Å². The summed E-state index contributed by atoms with van der Waals surface area (Å²) in [7, 11) is 0. The van der Waals surface area contributed by atoms with E-state index in [4.69, 9.17) is 21.4 Å². The predicted molar refractivity (Wildman–Crippen MR) is 130 cm³/mol. The van der Waals surface area contributed by atoms with Crippen LogP contribution in [0.4, 0.5) is 15.9 Å². The summed E-state index contributed by atoms with van der Waals surface area (Å²) in [5.74, 6) is -0.897. The van der Waals surface area contributed by atoms with E-state index in [2.05, 4.69) is 29.0 Å². The fourth-order valence-corrected chi connectivity index (χ4v) is 4.37. The fraction of sp³-hybridized carbons (Fsp3) is 0.480. The minimum absolute atomic E-state index is 0.184. The molecule has 0 spiro atoms. The highest BCUT2D eigenvalue weighted by molar-refractivity contribution is 6.30. The van der Waals surface area contributed by atoms with Crippen molar-refractivity contribution in [2.75, 3.05) is 23.4 Å². The largest absolute Gasteiger partial charge is 0.480 e. The second-order valence-corrected chi connectivity index (χ2v) is 9.46. The van der Waals surface area contributed by atoms with E-state index in [1.807, 2.05) is 0 Å². The van der Waals surface area contributed by atoms with Gasteiger partial charge in [-0.05, 0) is 36.5 Å². The Labute approximate surface area is 204 Å². The maximum atomic E-state index is 14.2. The summed E-state index contributed by atoms with van der Waals surface area (Å²) < 4.78 is 19.5. The smallest absolute Gasteiger partial charge is 0.341 e. The van der Waals surface area contributed by atoms with Gasteiger partial charge >= 0.3 is 5.97 Å². The van der Waals surface area contributed by atoms with Crippen LogP contribution < -0.4 is 15.0 Å². The predicted octanol–water partition coefficient (Wildman–Crippen LogP) is 5.31. The number of nitrogens with zero attached hydrogens (tertiary/aromatic N) is 2. The van der Waals surface area contributed by atoms with E-state index in [0.717, 1.165) is 32.2 Å². The van der Waals surface area contributed by atoms with Crippen molar-refractivity contribution in [3.63, 3.8) is 0 Å². The number of amides is 1. The lowest BCUT2D eigenvalue weighted by Crippen LogP contribution is -2.40. The van der Waals surface area contributed by atoms with Gasteiger partial charge in [0.05, 0.1) is 18.3 Å². The van der Waals surface area contributed by atoms with Gasteiger partial charge in [0.15, 0.2) is 12.4 Å². The summed E-state index contributed by atoms with van der Waals surface area (Å²) in [4.78, 5) is 30.6. The number of aliphatic carboxylic acids is 1. The Hall–Kier alpha value is -2.87. The molecule has 0 saturated heterocycles. The van der Waals surface area contributed by atoms with Gasteiger partial charge in [0, 0.05) is 23.7 Å². The maximum absolute atomic E-state index is 14.2. The number of hydrogen-bond donors (Lipinski definition) is 2. The molecule has 184 valence electrons. The van der Waals surface area contributed by atoms with Gasteiger partial charge in [-0.15, -0.1) is 0 Å². The first kappa shape index (κ1) is 25.7. The molecule has 0 unspecified atom stereocenters. The first-order valence-electron chi connectivity index (χ1n) is 11.6. The number of carboxylic acid groups (broad SMARTS) is 1. The summed E-state index contributed by atoms with van der Waals surface area (Å²) in [5, 5.41) is 12.1. The maximum Gasteiger partial charge on any atom is 0.341 e. The van der Waals surface area contributed by atoms with Crippen molar-refractivity contribution in [1.82, 2.24) is 4.98 Å². The number of carbonyl (C=O) groups excluding carboxylic acids is 1. The van der Waals surface area contributed by atoms with Crippen LogP contribution in [0.5, 0.6) is 5.75 Å². The summed E-state index contributed by atoms with van der Waals surface area (Å²) in [5.41, 5.74) is 0.634. The van der Waals surface area contributed by atoms with Gasteiger partial charge in [0.25, 0.3) is 0 Å². The van der Waals surface area contributed by atoms with Crippen LogP contribution >= 0.6 is 11.6 Å². The van der Waals surface area contributed by atoms with Crippen LogP contribution in [0.1, 0.15) is 51.5 Å². The number of ether oxygens (including phenoxy) is 1. The van der Waals surface area contributed by atoms with Gasteiger partial charge in [-0.1, -0.05) is 50.8 Å². The lowest BCUT2D eigenvalue weighted by Gasteiger charge is -2.37. The van der Waals surface area contributed by atoms with Crippen molar-refractivity contribution in [3.05, 3.63) is 46.9 Å². The number of pyridine rings is 1. The summed E-state index contributed by atoms with van der Waals surface area (Å²) >= 11 is 5.81. The number of benzene rings is 1. The zero-order valence-electron chi connectivity index (χ0n) is 19.5. The highest BCUT2D eigenvalue weighted by atomic mass is 35.5. The van der Waals surface area contributed by atoms with Gasteiger partial charge in [-0.2, -0.15) is 0 Å². The molecule has 2 aromatic rings. The first-order chi connectivity index (χ1) is 16.2. The molecule has 1 fully saturated rings. The molecule has 1 saturated carbocycles. The number of anilines is 2. The van der Waals surface area contributed by atoms with E-state index >= 15 is 0 Å². The molecular weight excluding hydrogens is 461 g/mol. The lowest BCUT2D eigenvalue weighted by atomic mass is 9.93. The van der Waals surface area contributed by atoms with E-state index in [1.165, 1.54) is 30.8 Å². The van der Waals surface area contributed by atoms with Crippen LogP contribution in [-0.2, 0) is 16.0 Å². The third kappa shape index (κ3) is 7.32. The zero-order chi connectivity index (χ0) is 24.7. The summed E-state index contributed by atoms with van der Waals surface area (Å²) in [6, 6.07) is 6.06. The number of halogens is 2. The quantitative estimate of drug-likeness (QED) is 0.467. The number of carboxylic acids is 1. The minimum atomic E-state index is -1.11. The highest BCUT2D eigenvalue weighted by Crippen LogP contribution is 2.34. The van der Waals surface area contributed by atoms with Crippen LogP contribution in [0.25, 0.3) is 0 Å². The first-order valence-corrected chi connectivity index (χ1v) is 12.0. The van der Waals surface area contributed by atoms with E-state index in [-0.39, 0.29) is 22.8 Å². The second-order valence-electron chi connectivity index (χ2n) is 9.02. The molecule has 1 aromatic carbocycles. The van der Waals surface area contributed by atoms with Gasteiger partial charge in [-0.3, -0.25) is 4.79 Å². The van der Waals surface area contributed by atoms with E-state index in [1.54, 1.807) is 6.07 Å². The highest BCUT2D eigenvalue weighted by Gasteiger charge is 2.26. The Bertz CT molecular complexity index is 1010. The molecular formula is C25H31ClFN3O4. The molecule has 7 nitrogen and oxygen atoms in total. The summed E-state index contributed by atoms with van der Waals surface area (Å²) in [6.45, 7) is 4.48. The van der Waals surface area contributed by atoms with E-state index < -0.39 is 24.3 Å². The van der Waals surface area contributed by atoms with Crippen molar-refractivity contribution >= 4 is 35.0 Å². The molecule has 3 rings (SSSR count). The van der Waals surface area contributed by atoms with Crippen LogP contribution in [0, 0.1) is 11.7 Å². The Balaban J connectivity index is 1.90. The standard InChI is InChI=1S/C25H31ClFN3O4/c1-16(2)14-30(19-6-4-3-5-7-19)25-22(12-20(13-28-25)34-15-24(32)33)29-23(31)10-17-8-9-18(26)11-21(17)27/h8-9,11-13,16,19H,3-7,10,14-15H2,1-2H3,(H,29,31)(H,32,33). The molecule has 1 aliphatic rings. The molecule has 0 radical (unpaired) electrons. The van der Waals surface area contributed by atoms with E-state index in [9.17, 15) is 14.0 Å². The molecule has 2 N–H and O–H groups in total. The van der Waals surface area contributed by atoms with Crippen LogP contribution in [0.2, 0.25) is 5.02 Å². The Kier molecular flexibility index (Phi) is 9.10. The molecule has 0 aliphatic heterocycles. The Morgan fingerprint density at radius 3 is 2.65 bits per heavy atom. The molecule has 1 aliphatic carbocycles. The molecule has 1 heterocycles. The Morgan fingerprint density at radius 2 is 2.00 bits per heavy atom. The van der Waals surface area contributed by atoms with Gasteiger partial charge in [0.2, 0.25) is 5.91 Å². The van der Waals surface area contributed by atoms with Gasteiger partial charge in [-0.25, -0.2) is 14.2 Å². The van der Waals surface area contributed by atoms with E-state index in [0.29, 0.717) is 23.5 Å². The van der Waals surface area contributed by atoms with Crippen LogP contribution in [0.15, 0.2) is 30.5 Å². The number of carbonyl (C=O) groups is 2. The molecule has 9 heteroatoms. The van der Waals surface area contributed by atoms with Crippen molar-refractivity contribution in [2.45, 2.75) is 58.4 Å². The number of aromatic nitrogens is 1. The summed E-state index contributed by atoms with van der Waals surface area (Å²) in [6.07, 6.45) is 6.84. The van der Waals surface area contributed by atoms with Crippen LogP contribution in [-0.4, -0.2) is 41.2 Å². The van der Waals surface area contributed by atoms with Crippen molar-refractivity contribution in [2.24, 2.45) is 5.92 Å². The lowest BCUT2D eigenvalue weighted by molar-refractivity contribution is -0.139. The second kappa shape index (κ2) is 12.0. The van der Waals surface area contributed by atoms with Crippen molar-refractivity contribution in [1.29, 1.82) is 0 Å². The molecule has 0 atom stereocenters. The SMILES string of the molecule is CC(C)CN(c1ncc(OCC(=O)O)cc1NC(=O)Cc1ccc(Cl)cc1F)C1CCCCC1.